The highest BCUT2D eigenvalue weighted by Gasteiger charge is 2.27. The largest absolute Gasteiger partial charge is 0.350 e. The second-order valence-corrected chi connectivity index (χ2v) is 8.59. The second kappa shape index (κ2) is 8.66. The first kappa shape index (κ1) is 20.2. The quantitative estimate of drug-likeness (QED) is 0.742. The molecular formula is C19H24N4O4S. The minimum atomic E-state index is -3.49. The molecule has 1 aromatic heterocycles. The molecule has 8 nitrogen and oxygen atoms in total. The molecule has 1 aromatic carbocycles. The summed E-state index contributed by atoms with van der Waals surface area (Å²) >= 11 is 0. The van der Waals surface area contributed by atoms with Crippen molar-refractivity contribution in [3.8, 4) is 0 Å². The van der Waals surface area contributed by atoms with E-state index >= 15 is 0 Å². The molecule has 0 bridgehead atoms. The molecule has 28 heavy (non-hydrogen) atoms. The van der Waals surface area contributed by atoms with Crippen LogP contribution in [0.3, 0.4) is 0 Å². The summed E-state index contributed by atoms with van der Waals surface area (Å²) < 4.78 is 27.9. The Morgan fingerprint density at radius 2 is 1.86 bits per heavy atom. The fourth-order valence-electron chi connectivity index (χ4n) is 3.07. The van der Waals surface area contributed by atoms with Crippen LogP contribution in [0.15, 0.2) is 46.3 Å². The Kier molecular flexibility index (Phi) is 6.25. The number of carbonyl (C=O) groups is 1. The van der Waals surface area contributed by atoms with Crippen molar-refractivity contribution in [3.05, 3.63) is 58.3 Å². The lowest BCUT2D eigenvalue weighted by atomic mass is 10.2. The van der Waals surface area contributed by atoms with Gasteiger partial charge in [0.05, 0.1) is 11.2 Å². The van der Waals surface area contributed by atoms with Crippen LogP contribution >= 0.6 is 0 Å². The van der Waals surface area contributed by atoms with Crippen molar-refractivity contribution in [2.24, 2.45) is 0 Å². The molecule has 3 rings (SSSR count). The molecule has 0 atom stereocenters. The van der Waals surface area contributed by atoms with Crippen LogP contribution in [0.1, 0.15) is 35.8 Å². The van der Waals surface area contributed by atoms with Gasteiger partial charge in [-0.2, -0.15) is 4.31 Å². The molecule has 2 aromatic rings. The third-order valence-corrected chi connectivity index (χ3v) is 6.67. The number of hydrogen-bond donors (Lipinski definition) is 1. The van der Waals surface area contributed by atoms with Gasteiger partial charge in [-0.1, -0.05) is 6.92 Å². The van der Waals surface area contributed by atoms with E-state index in [1.807, 2.05) is 6.92 Å². The van der Waals surface area contributed by atoms with Gasteiger partial charge in [0, 0.05) is 43.5 Å². The molecule has 2 heterocycles. The second-order valence-electron chi connectivity index (χ2n) is 6.66. The Bertz CT molecular complexity index is 993. The smallest absolute Gasteiger partial charge is 0.253 e. The van der Waals surface area contributed by atoms with Crippen LogP contribution < -0.4 is 10.9 Å². The van der Waals surface area contributed by atoms with E-state index in [4.69, 9.17) is 0 Å². The summed E-state index contributed by atoms with van der Waals surface area (Å²) in [7, 11) is -3.49. The van der Waals surface area contributed by atoms with E-state index in [2.05, 4.69) is 10.3 Å². The Labute approximate surface area is 164 Å². The van der Waals surface area contributed by atoms with Gasteiger partial charge in [-0.05, 0) is 43.5 Å². The summed E-state index contributed by atoms with van der Waals surface area (Å²) in [6, 6.07) is 7.41. The van der Waals surface area contributed by atoms with Crippen LogP contribution in [0.2, 0.25) is 0 Å². The van der Waals surface area contributed by atoms with Crippen molar-refractivity contribution in [3.63, 3.8) is 0 Å². The van der Waals surface area contributed by atoms with Crippen LogP contribution in [0, 0.1) is 0 Å². The number of hydrogen-bond acceptors (Lipinski definition) is 5. The van der Waals surface area contributed by atoms with Crippen LogP contribution in [-0.4, -0.2) is 47.8 Å². The molecule has 1 fully saturated rings. The molecule has 0 radical (unpaired) electrons. The zero-order chi connectivity index (χ0) is 20.1. The molecular weight excluding hydrogens is 380 g/mol. The first-order chi connectivity index (χ1) is 13.4. The van der Waals surface area contributed by atoms with Crippen LogP contribution in [-0.2, 0) is 23.0 Å². The lowest BCUT2D eigenvalue weighted by molar-refractivity contribution is 0.0952. The fraction of sp³-hybridized carbons (Fsp3) is 0.421. The monoisotopic (exact) mass is 404 g/mol. The third-order valence-electron chi connectivity index (χ3n) is 4.76. The van der Waals surface area contributed by atoms with E-state index in [-0.39, 0.29) is 22.9 Å². The van der Waals surface area contributed by atoms with Crippen molar-refractivity contribution < 1.29 is 13.2 Å². The third kappa shape index (κ3) is 4.48. The minimum absolute atomic E-state index is 0.155. The number of carbonyl (C=O) groups excluding carboxylic acids is 1. The molecule has 1 aliphatic rings. The average molecular weight is 404 g/mol. The zero-order valence-electron chi connectivity index (χ0n) is 15.8. The standard InChI is InChI=1S/C19H24N4O4S/c1-2-16-13-18(24)22(14-21-16)12-9-20-19(25)15-5-7-17(8-6-15)28(26,27)23-10-3-4-11-23/h5-8,13-14H,2-4,9-12H2,1H3,(H,20,25). The molecule has 150 valence electrons. The molecule has 1 N–H and O–H groups in total. The summed E-state index contributed by atoms with van der Waals surface area (Å²) in [6.45, 7) is 3.58. The van der Waals surface area contributed by atoms with E-state index in [9.17, 15) is 18.0 Å². The molecule has 9 heteroatoms. The van der Waals surface area contributed by atoms with Crippen molar-refractivity contribution in [1.29, 1.82) is 0 Å². The van der Waals surface area contributed by atoms with E-state index in [0.717, 1.165) is 18.5 Å². The Morgan fingerprint density at radius 3 is 2.46 bits per heavy atom. The number of aryl methyl sites for hydroxylation is 1. The van der Waals surface area contributed by atoms with Crippen molar-refractivity contribution in [2.45, 2.75) is 37.6 Å². The van der Waals surface area contributed by atoms with E-state index in [0.29, 0.717) is 31.6 Å². The van der Waals surface area contributed by atoms with Gasteiger partial charge < -0.3 is 5.32 Å². The van der Waals surface area contributed by atoms with Gasteiger partial charge in [0.25, 0.3) is 11.5 Å². The van der Waals surface area contributed by atoms with Crippen molar-refractivity contribution in [2.75, 3.05) is 19.6 Å². The molecule has 1 amide bonds. The number of amides is 1. The molecule has 0 unspecified atom stereocenters. The molecule has 0 saturated carbocycles. The highest BCUT2D eigenvalue weighted by Crippen LogP contribution is 2.21. The van der Waals surface area contributed by atoms with E-state index in [1.54, 1.807) is 0 Å². The predicted molar refractivity (Wildman–Crippen MR) is 105 cm³/mol. The lowest BCUT2D eigenvalue weighted by Crippen LogP contribution is -2.31. The summed E-state index contributed by atoms with van der Waals surface area (Å²) in [5.41, 5.74) is 0.944. The first-order valence-electron chi connectivity index (χ1n) is 9.35. The highest BCUT2D eigenvalue weighted by molar-refractivity contribution is 7.89. The Morgan fingerprint density at radius 1 is 1.18 bits per heavy atom. The number of benzene rings is 1. The molecule has 0 aliphatic carbocycles. The zero-order valence-corrected chi connectivity index (χ0v) is 16.6. The topological polar surface area (TPSA) is 101 Å². The number of nitrogens with zero attached hydrogens (tertiary/aromatic N) is 3. The summed E-state index contributed by atoms with van der Waals surface area (Å²) in [6.07, 6.45) is 3.92. The SMILES string of the molecule is CCc1cc(=O)n(CCNC(=O)c2ccc(S(=O)(=O)N3CCCC3)cc2)cn1. The number of nitrogens with one attached hydrogen (secondary N) is 1. The van der Waals surface area contributed by atoms with Gasteiger partial charge in [0.15, 0.2) is 0 Å². The van der Waals surface area contributed by atoms with Crippen LogP contribution in [0.4, 0.5) is 0 Å². The maximum absolute atomic E-state index is 12.5. The normalized spacial score (nSPS) is 14.9. The molecule has 1 aliphatic heterocycles. The van der Waals surface area contributed by atoms with Gasteiger partial charge in [0.2, 0.25) is 10.0 Å². The van der Waals surface area contributed by atoms with Gasteiger partial charge in [-0.3, -0.25) is 14.2 Å². The lowest BCUT2D eigenvalue weighted by Gasteiger charge is -2.15. The van der Waals surface area contributed by atoms with Gasteiger partial charge >= 0.3 is 0 Å². The maximum atomic E-state index is 12.5. The highest BCUT2D eigenvalue weighted by atomic mass is 32.2. The number of rotatable bonds is 7. The van der Waals surface area contributed by atoms with Crippen LogP contribution in [0.5, 0.6) is 0 Å². The summed E-state index contributed by atoms with van der Waals surface area (Å²) in [5.74, 6) is -0.323. The minimum Gasteiger partial charge on any atom is -0.350 e. The predicted octanol–water partition coefficient (Wildman–Crippen LogP) is 1.02. The fourth-order valence-corrected chi connectivity index (χ4v) is 4.59. The van der Waals surface area contributed by atoms with E-state index in [1.165, 1.54) is 45.5 Å². The molecule has 0 spiro atoms. The van der Waals surface area contributed by atoms with Crippen molar-refractivity contribution in [1.82, 2.24) is 19.2 Å². The van der Waals surface area contributed by atoms with Crippen LogP contribution in [0.25, 0.3) is 0 Å². The first-order valence-corrected chi connectivity index (χ1v) is 10.8. The van der Waals surface area contributed by atoms with Crippen molar-refractivity contribution >= 4 is 15.9 Å². The summed E-state index contributed by atoms with van der Waals surface area (Å²) in [4.78, 5) is 28.6. The Hall–Kier alpha value is -2.52. The summed E-state index contributed by atoms with van der Waals surface area (Å²) in [5, 5.41) is 2.73. The average Bonchev–Trinajstić information content (AvgIpc) is 3.25. The van der Waals surface area contributed by atoms with Gasteiger partial charge in [-0.25, -0.2) is 13.4 Å². The number of sulfonamides is 1. The Balaban J connectivity index is 1.58. The van der Waals surface area contributed by atoms with Gasteiger partial charge in [-0.15, -0.1) is 0 Å². The molecule has 1 saturated heterocycles. The number of aromatic nitrogens is 2. The van der Waals surface area contributed by atoms with Gasteiger partial charge in [0.1, 0.15) is 0 Å². The maximum Gasteiger partial charge on any atom is 0.253 e. The van der Waals surface area contributed by atoms with E-state index < -0.39 is 10.0 Å².